The molecule has 2 aliphatic rings. The molecule has 0 bridgehead atoms. The lowest BCUT2D eigenvalue weighted by atomic mass is 9.89. The number of rotatable bonds is 9. The molecule has 0 aromatic heterocycles. The summed E-state index contributed by atoms with van der Waals surface area (Å²) in [6, 6.07) is 13.1. The second-order valence-electron chi connectivity index (χ2n) is 9.44. The maximum Gasteiger partial charge on any atom is 0.311 e. The van der Waals surface area contributed by atoms with E-state index in [4.69, 9.17) is 16.3 Å². The molecular formula is C27H33ClN4O4. The van der Waals surface area contributed by atoms with Crippen molar-refractivity contribution in [2.45, 2.75) is 44.1 Å². The zero-order valence-electron chi connectivity index (χ0n) is 20.4. The van der Waals surface area contributed by atoms with Crippen LogP contribution in [-0.4, -0.2) is 59.4 Å². The average Bonchev–Trinajstić information content (AvgIpc) is 2.89. The predicted molar refractivity (Wildman–Crippen MR) is 142 cm³/mol. The van der Waals surface area contributed by atoms with E-state index >= 15 is 0 Å². The minimum Gasteiger partial charge on any atom is -0.458 e. The highest BCUT2D eigenvalue weighted by molar-refractivity contribution is 6.30. The highest BCUT2D eigenvalue weighted by atomic mass is 35.5. The Bertz CT molecular complexity index is 1060. The number of carbonyl (C=O) groups excluding carboxylic acids is 1. The van der Waals surface area contributed by atoms with Crippen molar-refractivity contribution in [2.24, 2.45) is 0 Å². The minimum absolute atomic E-state index is 0.102. The molecular weight excluding hydrogens is 480 g/mol. The number of nitrogens with one attached hydrogen (secondary N) is 1. The van der Waals surface area contributed by atoms with Crippen LogP contribution in [0.5, 0.6) is 5.75 Å². The zero-order valence-corrected chi connectivity index (χ0v) is 21.2. The van der Waals surface area contributed by atoms with Crippen molar-refractivity contribution in [2.75, 3.05) is 38.0 Å². The van der Waals surface area contributed by atoms with Gasteiger partial charge < -0.3 is 19.9 Å². The van der Waals surface area contributed by atoms with Crippen molar-refractivity contribution in [3.8, 4) is 5.75 Å². The number of nitro groups is 1. The Balaban J connectivity index is 1.18. The summed E-state index contributed by atoms with van der Waals surface area (Å²) in [6.07, 6.45) is 5.59. The van der Waals surface area contributed by atoms with Crippen LogP contribution in [0.25, 0.3) is 0 Å². The predicted octanol–water partition coefficient (Wildman–Crippen LogP) is 5.44. The molecule has 2 saturated heterocycles. The molecule has 36 heavy (non-hydrogen) atoms. The third kappa shape index (κ3) is 6.77. The van der Waals surface area contributed by atoms with Crippen molar-refractivity contribution >= 4 is 28.9 Å². The third-order valence-electron chi connectivity index (χ3n) is 7.16. The molecule has 0 spiro atoms. The number of halogens is 1. The van der Waals surface area contributed by atoms with Gasteiger partial charge in [-0.25, -0.2) is 0 Å². The zero-order chi connectivity index (χ0) is 25.5. The Morgan fingerprint density at radius 3 is 2.44 bits per heavy atom. The molecule has 192 valence electrons. The number of hydrogen-bond acceptors (Lipinski definition) is 6. The fourth-order valence-electron chi connectivity index (χ4n) is 5.08. The summed E-state index contributed by atoms with van der Waals surface area (Å²) in [4.78, 5) is 27.9. The van der Waals surface area contributed by atoms with Crippen LogP contribution in [0.15, 0.2) is 55.3 Å². The number of likely N-dealkylation sites (tertiary alicyclic amines) is 2. The Hall–Kier alpha value is -3.10. The quantitative estimate of drug-likeness (QED) is 0.273. The number of piperidine rings is 2. The highest BCUT2D eigenvalue weighted by Crippen LogP contribution is 2.31. The summed E-state index contributed by atoms with van der Waals surface area (Å²) < 4.78 is 5.21. The number of amides is 1. The SMILES string of the molecule is C=COc1cc(NC2CCN(C(=O)CCN3CCC(c4ccc(Cl)cc4)CC3)CC2)ccc1[N+](=O)[O-]. The Labute approximate surface area is 217 Å². The largest absolute Gasteiger partial charge is 0.458 e. The van der Waals surface area contributed by atoms with Gasteiger partial charge in [0.25, 0.3) is 0 Å². The second-order valence-corrected chi connectivity index (χ2v) is 9.88. The molecule has 0 aliphatic carbocycles. The normalized spacial score (nSPS) is 17.5. The van der Waals surface area contributed by atoms with Gasteiger partial charge in [-0.2, -0.15) is 0 Å². The van der Waals surface area contributed by atoms with Gasteiger partial charge in [-0.1, -0.05) is 30.3 Å². The summed E-state index contributed by atoms with van der Waals surface area (Å²) in [6.45, 7) is 7.72. The van der Waals surface area contributed by atoms with Gasteiger partial charge in [0, 0.05) is 54.9 Å². The van der Waals surface area contributed by atoms with Crippen molar-refractivity contribution in [3.05, 3.63) is 76.0 Å². The number of carbonyl (C=O) groups is 1. The molecule has 2 aromatic carbocycles. The Kier molecular flexibility index (Phi) is 8.83. The van der Waals surface area contributed by atoms with Crippen molar-refractivity contribution in [3.63, 3.8) is 0 Å². The summed E-state index contributed by atoms with van der Waals surface area (Å²) in [5.74, 6) is 0.936. The van der Waals surface area contributed by atoms with E-state index in [-0.39, 0.29) is 23.4 Å². The summed E-state index contributed by atoms with van der Waals surface area (Å²) in [7, 11) is 0. The van der Waals surface area contributed by atoms with Gasteiger partial charge in [0.1, 0.15) is 0 Å². The minimum atomic E-state index is -0.478. The first-order valence-corrected chi connectivity index (χ1v) is 12.9. The van der Waals surface area contributed by atoms with Crippen LogP contribution in [0, 0.1) is 10.1 Å². The summed E-state index contributed by atoms with van der Waals surface area (Å²) in [5.41, 5.74) is 2.00. The van der Waals surface area contributed by atoms with Crippen LogP contribution in [-0.2, 0) is 4.79 Å². The Morgan fingerprint density at radius 1 is 1.11 bits per heavy atom. The van der Waals surface area contributed by atoms with Gasteiger partial charge in [-0.15, -0.1) is 0 Å². The first-order chi connectivity index (χ1) is 17.4. The standard InChI is InChI=1S/C27H33ClN4O4/c1-2-36-26-19-24(7-8-25(26)32(34)35)29-23-11-17-31(18-12-23)27(33)13-16-30-14-9-21(10-15-30)20-3-5-22(28)6-4-20/h2-8,19,21,23,29H,1,9-18H2. The molecule has 0 radical (unpaired) electrons. The molecule has 2 aromatic rings. The van der Waals surface area contributed by atoms with E-state index in [1.54, 1.807) is 12.1 Å². The number of hydrogen-bond donors (Lipinski definition) is 1. The van der Waals surface area contributed by atoms with Crippen LogP contribution in [0.3, 0.4) is 0 Å². The van der Waals surface area contributed by atoms with Gasteiger partial charge in [-0.05, 0) is 68.5 Å². The van der Waals surface area contributed by atoms with Crippen molar-refractivity contribution in [1.29, 1.82) is 0 Å². The average molecular weight is 513 g/mol. The number of anilines is 1. The lowest BCUT2D eigenvalue weighted by Crippen LogP contribution is -2.43. The monoisotopic (exact) mass is 512 g/mol. The lowest BCUT2D eigenvalue weighted by molar-refractivity contribution is -0.385. The van der Waals surface area contributed by atoms with Crippen LogP contribution in [0.1, 0.15) is 43.6 Å². The van der Waals surface area contributed by atoms with Gasteiger partial charge in [0.2, 0.25) is 11.7 Å². The van der Waals surface area contributed by atoms with E-state index in [0.717, 1.165) is 56.0 Å². The number of nitro benzene ring substituents is 1. The molecule has 0 saturated carbocycles. The topological polar surface area (TPSA) is 88.0 Å². The molecule has 1 amide bonds. The Morgan fingerprint density at radius 2 is 1.81 bits per heavy atom. The van der Waals surface area contributed by atoms with E-state index in [1.807, 2.05) is 17.0 Å². The summed E-state index contributed by atoms with van der Waals surface area (Å²) >= 11 is 6.01. The van der Waals surface area contributed by atoms with Gasteiger partial charge in [-0.3, -0.25) is 14.9 Å². The van der Waals surface area contributed by atoms with Crippen LogP contribution < -0.4 is 10.1 Å². The molecule has 2 aliphatic heterocycles. The van der Waals surface area contributed by atoms with E-state index in [2.05, 4.69) is 28.9 Å². The summed E-state index contributed by atoms with van der Waals surface area (Å²) in [5, 5.41) is 15.4. The van der Waals surface area contributed by atoms with Gasteiger partial charge >= 0.3 is 5.69 Å². The number of ether oxygens (including phenoxy) is 1. The molecule has 9 heteroatoms. The van der Waals surface area contributed by atoms with E-state index < -0.39 is 4.92 Å². The highest BCUT2D eigenvalue weighted by Gasteiger charge is 2.25. The maximum absolute atomic E-state index is 12.8. The van der Waals surface area contributed by atoms with E-state index in [0.29, 0.717) is 25.4 Å². The number of benzene rings is 2. The molecule has 2 fully saturated rings. The molecule has 8 nitrogen and oxygen atoms in total. The molecule has 2 heterocycles. The fraction of sp³-hybridized carbons (Fsp3) is 0.444. The smallest absolute Gasteiger partial charge is 0.311 e. The van der Waals surface area contributed by atoms with Gasteiger partial charge in [0.05, 0.1) is 11.2 Å². The first-order valence-electron chi connectivity index (χ1n) is 12.5. The van der Waals surface area contributed by atoms with E-state index in [1.165, 1.54) is 17.9 Å². The molecule has 4 rings (SSSR count). The second kappa shape index (κ2) is 12.2. The fourth-order valence-corrected chi connectivity index (χ4v) is 5.21. The third-order valence-corrected chi connectivity index (χ3v) is 7.41. The van der Waals surface area contributed by atoms with Crippen molar-refractivity contribution < 1.29 is 14.5 Å². The molecule has 0 atom stereocenters. The van der Waals surface area contributed by atoms with Crippen LogP contribution >= 0.6 is 11.6 Å². The van der Waals surface area contributed by atoms with Crippen molar-refractivity contribution in [1.82, 2.24) is 9.80 Å². The maximum atomic E-state index is 12.8. The van der Waals surface area contributed by atoms with E-state index in [9.17, 15) is 14.9 Å². The number of nitrogens with zero attached hydrogens (tertiary/aromatic N) is 3. The van der Waals surface area contributed by atoms with Crippen LogP contribution in [0.4, 0.5) is 11.4 Å². The molecule has 0 unspecified atom stereocenters. The van der Waals surface area contributed by atoms with Crippen LogP contribution in [0.2, 0.25) is 5.02 Å². The lowest BCUT2D eigenvalue weighted by Gasteiger charge is -2.35. The first kappa shape index (κ1) is 26.0. The van der Waals surface area contributed by atoms with Gasteiger partial charge in [0.15, 0.2) is 0 Å². The molecule has 1 N–H and O–H groups in total.